The van der Waals surface area contributed by atoms with Crippen molar-refractivity contribution in [3.8, 4) is 0 Å². The average Bonchev–Trinajstić information content (AvgIpc) is 3.20. The molecule has 0 radical (unpaired) electrons. The van der Waals surface area contributed by atoms with Crippen molar-refractivity contribution >= 4 is 27.5 Å². The van der Waals surface area contributed by atoms with E-state index in [-0.39, 0.29) is 18.1 Å². The van der Waals surface area contributed by atoms with Crippen LogP contribution in [0.2, 0.25) is 0 Å². The highest BCUT2D eigenvalue weighted by Gasteiger charge is 2.22. The predicted molar refractivity (Wildman–Crippen MR) is 114 cm³/mol. The number of fused-ring (bicyclic) bond motifs is 3. The molecule has 7 nitrogen and oxygen atoms in total. The number of aromatic amines is 1. The largest absolute Gasteiger partial charge is 0.463 e. The summed E-state index contributed by atoms with van der Waals surface area (Å²) in [5, 5.41) is 11.1. The molecule has 1 aliphatic carbocycles. The van der Waals surface area contributed by atoms with Crippen molar-refractivity contribution in [3.05, 3.63) is 26.6 Å². The Balaban J connectivity index is 1.69. The van der Waals surface area contributed by atoms with E-state index in [9.17, 15) is 14.7 Å². The van der Waals surface area contributed by atoms with Gasteiger partial charge < -0.3 is 14.8 Å². The molecule has 8 heteroatoms. The van der Waals surface area contributed by atoms with Gasteiger partial charge in [0.25, 0.3) is 5.56 Å². The minimum absolute atomic E-state index is 0.0198. The SMILES string of the molecule is CCCC(=O)OC[C@@H](O)CN(Cc1nc2sc3c(c2c(=O)[nH]1)CCC3)CC(C)C. The van der Waals surface area contributed by atoms with Crippen molar-refractivity contribution < 1.29 is 14.6 Å². The second-order valence-electron chi connectivity index (χ2n) is 8.22. The third kappa shape index (κ3) is 5.65. The van der Waals surface area contributed by atoms with Gasteiger partial charge in [-0.25, -0.2) is 4.98 Å². The molecule has 1 aliphatic rings. The van der Waals surface area contributed by atoms with Gasteiger partial charge in [0, 0.05) is 24.4 Å². The van der Waals surface area contributed by atoms with Crippen LogP contribution in [0.5, 0.6) is 0 Å². The zero-order valence-corrected chi connectivity index (χ0v) is 18.3. The van der Waals surface area contributed by atoms with Crippen LogP contribution in [-0.4, -0.2) is 51.7 Å². The van der Waals surface area contributed by atoms with Crippen LogP contribution < -0.4 is 5.56 Å². The van der Waals surface area contributed by atoms with Gasteiger partial charge in [-0.1, -0.05) is 20.8 Å². The lowest BCUT2D eigenvalue weighted by atomic mass is 10.2. The molecule has 29 heavy (non-hydrogen) atoms. The lowest BCUT2D eigenvalue weighted by molar-refractivity contribution is -0.147. The van der Waals surface area contributed by atoms with Crippen LogP contribution in [-0.2, 0) is 28.9 Å². The number of esters is 1. The summed E-state index contributed by atoms with van der Waals surface area (Å²) < 4.78 is 5.12. The van der Waals surface area contributed by atoms with Crippen LogP contribution in [0.1, 0.15) is 56.3 Å². The minimum atomic E-state index is -0.782. The first-order valence-electron chi connectivity index (χ1n) is 10.5. The van der Waals surface area contributed by atoms with Gasteiger partial charge >= 0.3 is 5.97 Å². The molecule has 2 aromatic rings. The van der Waals surface area contributed by atoms with Gasteiger partial charge in [-0.3, -0.25) is 14.5 Å². The number of aryl methyl sites for hydroxylation is 2. The Morgan fingerprint density at radius 2 is 2.14 bits per heavy atom. The number of aliphatic hydroxyl groups excluding tert-OH is 1. The Morgan fingerprint density at radius 1 is 1.34 bits per heavy atom. The summed E-state index contributed by atoms with van der Waals surface area (Å²) >= 11 is 1.63. The topological polar surface area (TPSA) is 95.5 Å². The molecule has 0 saturated carbocycles. The Bertz CT molecular complexity index is 905. The molecule has 3 rings (SSSR count). The van der Waals surface area contributed by atoms with Crippen molar-refractivity contribution in [1.29, 1.82) is 0 Å². The standard InChI is InChI=1S/C21H31N3O4S/c1-4-6-18(26)28-12-14(25)10-24(9-13(2)3)11-17-22-20(27)19-15-7-5-8-16(15)29-21(19)23-17/h13-14,25H,4-12H2,1-3H3,(H,22,23,27)/t14-/m0/s1. The van der Waals surface area contributed by atoms with Gasteiger partial charge in [0.2, 0.25) is 0 Å². The summed E-state index contributed by atoms with van der Waals surface area (Å²) in [6, 6.07) is 0. The van der Waals surface area contributed by atoms with E-state index < -0.39 is 6.10 Å². The molecule has 0 bridgehead atoms. The maximum atomic E-state index is 12.7. The lowest BCUT2D eigenvalue weighted by Gasteiger charge is -2.26. The molecule has 160 valence electrons. The highest BCUT2D eigenvalue weighted by atomic mass is 32.1. The van der Waals surface area contributed by atoms with E-state index in [1.165, 1.54) is 10.4 Å². The monoisotopic (exact) mass is 421 g/mol. The summed E-state index contributed by atoms with van der Waals surface area (Å²) in [6.45, 7) is 7.62. The molecular weight excluding hydrogens is 390 g/mol. The molecule has 0 saturated heterocycles. The lowest BCUT2D eigenvalue weighted by Crippen LogP contribution is -2.38. The number of carbonyl (C=O) groups is 1. The number of aromatic nitrogens is 2. The molecule has 0 aliphatic heterocycles. The Labute approximate surface area is 175 Å². The number of thiophene rings is 1. The molecule has 2 N–H and O–H groups in total. The maximum absolute atomic E-state index is 12.7. The number of nitrogens with one attached hydrogen (secondary N) is 1. The van der Waals surface area contributed by atoms with Crippen LogP contribution >= 0.6 is 11.3 Å². The minimum Gasteiger partial charge on any atom is -0.463 e. The van der Waals surface area contributed by atoms with E-state index in [4.69, 9.17) is 9.72 Å². The molecule has 0 fully saturated rings. The Kier molecular flexibility index (Phi) is 7.43. The van der Waals surface area contributed by atoms with Gasteiger partial charge in [-0.2, -0.15) is 0 Å². The van der Waals surface area contributed by atoms with Gasteiger partial charge in [-0.15, -0.1) is 11.3 Å². The van der Waals surface area contributed by atoms with Gasteiger partial charge in [0.1, 0.15) is 23.4 Å². The molecule has 0 spiro atoms. The van der Waals surface area contributed by atoms with E-state index in [2.05, 4.69) is 18.8 Å². The van der Waals surface area contributed by atoms with Gasteiger partial charge in [-0.05, 0) is 37.2 Å². The van der Waals surface area contributed by atoms with Crippen LogP contribution in [0.15, 0.2) is 4.79 Å². The summed E-state index contributed by atoms with van der Waals surface area (Å²) in [4.78, 5) is 36.0. The molecular formula is C21H31N3O4S. The number of nitrogens with zero attached hydrogens (tertiary/aromatic N) is 2. The zero-order valence-electron chi connectivity index (χ0n) is 17.5. The first kappa shape index (κ1) is 21.9. The predicted octanol–water partition coefficient (Wildman–Crippen LogP) is 2.64. The maximum Gasteiger partial charge on any atom is 0.305 e. The number of hydrogen-bond donors (Lipinski definition) is 2. The van der Waals surface area contributed by atoms with Gasteiger partial charge in [0.15, 0.2) is 0 Å². The van der Waals surface area contributed by atoms with E-state index in [1.807, 2.05) is 11.8 Å². The first-order valence-corrected chi connectivity index (χ1v) is 11.3. The van der Waals surface area contributed by atoms with Gasteiger partial charge in [0.05, 0.1) is 11.9 Å². The fourth-order valence-electron chi connectivity index (χ4n) is 3.87. The average molecular weight is 422 g/mol. The number of aliphatic hydroxyl groups is 1. The van der Waals surface area contributed by atoms with Crippen LogP contribution in [0.4, 0.5) is 0 Å². The number of ether oxygens (including phenoxy) is 1. The normalized spacial score (nSPS) is 14.7. The van der Waals surface area contributed by atoms with Crippen LogP contribution in [0.3, 0.4) is 0 Å². The Morgan fingerprint density at radius 3 is 2.86 bits per heavy atom. The summed E-state index contributed by atoms with van der Waals surface area (Å²) in [5.41, 5.74) is 1.11. The number of H-pyrrole nitrogens is 1. The molecule has 2 heterocycles. The first-order chi connectivity index (χ1) is 13.9. The number of hydrogen-bond acceptors (Lipinski definition) is 7. The van der Waals surface area contributed by atoms with Crippen molar-refractivity contribution in [2.45, 2.75) is 65.5 Å². The van der Waals surface area contributed by atoms with Crippen molar-refractivity contribution in [1.82, 2.24) is 14.9 Å². The quantitative estimate of drug-likeness (QED) is 0.573. The molecule has 0 aromatic carbocycles. The second kappa shape index (κ2) is 9.82. The van der Waals surface area contributed by atoms with Crippen molar-refractivity contribution in [3.63, 3.8) is 0 Å². The smallest absolute Gasteiger partial charge is 0.305 e. The molecule has 2 aromatic heterocycles. The van der Waals surface area contributed by atoms with E-state index in [1.54, 1.807) is 11.3 Å². The van der Waals surface area contributed by atoms with Crippen molar-refractivity contribution in [2.24, 2.45) is 5.92 Å². The number of carbonyl (C=O) groups excluding carboxylic acids is 1. The second-order valence-corrected chi connectivity index (χ2v) is 9.31. The molecule has 1 atom stereocenters. The fourth-order valence-corrected chi connectivity index (χ4v) is 5.15. The van der Waals surface area contributed by atoms with Crippen LogP contribution in [0, 0.1) is 5.92 Å². The van der Waals surface area contributed by atoms with E-state index in [0.29, 0.717) is 31.3 Å². The summed E-state index contributed by atoms with van der Waals surface area (Å²) in [7, 11) is 0. The zero-order chi connectivity index (χ0) is 21.0. The highest BCUT2D eigenvalue weighted by Crippen LogP contribution is 2.34. The summed E-state index contributed by atoms with van der Waals surface area (Å²) in [6.07, 6.45) is 3.41. The summed E-state index contributed by atoms with van der Waals surface area (Å²) in [5.74, 6) is 0.702. The Hall–Kier alpha value is -1.77. The third-order valence-electron chi connectivity index (χ3n) is 4.98. The molecule has 0 amide bonds. The third-order valence-corrected chi connectivity index (χ3v) is 6.17. The number of rotatable bonds is 10. The van der Waals surface area contributed by atoms with E-state index in [0.717, 1.165) is 42.4 Å². The fraction of sp³-hybridized carbons (Fsp3) is 0.667. The van der Waals surface area contributed by atoms with Crippen LogP contribution in [0.25, 0.3) is 10.2 Å². The van der Waals surface area contributed by atoms with Crippen molar-refractivity contribution in [2.75, 3.05) is 19.7 Å². The molecule has 0 unspecified atom stereocenters. The van der Waals surface area contributed by atoms with E-state index >= 15 is 0 Å². The highest BCUT2D eigenvalue weighted by molar-refractivity contribution is 7.18.